The molecule has 0 radical (unpaired) electrons. The van der Waals surface area contributed by atoms with Crippen LogP contribution in [0.3, 0.4) is 0 Å². The molecule has 0 aliphatic carbocycles. The van der Waals surface area contributed by atoms with E-state index >= 15 is 0 Å². The summed E-state index contributed by atoms with van der Waals surface area (Å²) in [6, 6.07) is 6.23. The zero-order valence-corrected chi connectivity index (χ0v) is 10.9. The second-order valence-corrected chi connectivity index (χ2v) is 4.90. The Morgan fingerprint density at radius 3 is 2.41 bits per heavy atom. The lowest BCUT2D eigenvalue weighted by atomic mass is 10.1. The maximum Gasteiger partial charge on any atom is 0.325 e. The van der Waals surface area contributed by atoms with E-state index in [1.165, 1.54) is 0 Å². The molecule has 2 N–H and O–H groups in total. The van der Waals surface area contributed by atoms with Crippen molar-refractivity contribution < 1.29 is 9.90 Å². The minimum atomic E-state index is -0.865. The Balaban J connectivity index is 2.66. The lowest BCUT2D eigenvalue weighted by Gasteiger charge is -2.15. The summed E-state index contributed by atoms with van der Waals surface area (Å²) >= 11 is 5.77. The largest absolute Gasteiger partial charge is 0.480 e. The van der Waals surface area contributed by atoms with E-state index in [9.17, 15) is 4.79 Å². The highest BCUT2D eigenvalue weighted by molar-refractivity contribution is 6.30. The Labute approximate surface area is 107 Å². The standard InChI is InChI=1S/C13H18ClNO2/c1-9(2)7-8-15-12(13(16)17)10-3-5-11(14)6-4-10/h3-6,9,12,15H,7-8H2,1-2H3,(H,16,17). The number of aliphatic carboxylic acids is 1. The first-order valence-electron chi connectivity index (χ1n) is 5.72. The van der Waals surface area contributed by atoms with Crippen LogP contribution in [0.15, 0.2) is 24.3 Å². The van der Waals surface area contributed by atoms with Crippen molar-refractivity contribution in [3.8, 4) is 0 Å². The normalized spacial score (nSPS) is 12.7. The highest BCUT2D eigenvalue weighted by Gasteiger charge is 2.18. The van der Waals surface area contributed by atoms with Crippen LogP contribution in [-0.4, -0.2) is 17.6 Å². The average molecular weight is 256 g/mol. The number of hydrogen-bond acceptors (Lipinski definition) is 2. The summed E-state index contributed by atoms with van der Waals surface area (Å²) in [7, 11) is 0. The molecule has 0 saturated heterocycles. The van der Waals surface area contributed by atoms with Gasteiger partial charge in [0, 0.05) is 5.02 Å². The molecule has 0 aromatic heterocycles. The van der Waals surface area contributed by atoms with Crippen molar-refractivity contribution >= 4 is 17.6 Å². The Hall–Kier alpha value is -1.06. The second-order valence-electron chi connectivity index (χ2n) is 4.46. The molecule has 1 unspecified atom stereocenters. The third-order valence-corrected chi connectivity index (χ3v) is 2.77. The van der Waals surface area contributed by atoms with Gasteiger partial charge in [0.25, 0.3) is 0 Å². The average Bonchev–Trinajstić information content (AvgIpc) is 2.25. The van der Waals surface area contributed by atoms with Crippen LogP contribution in [0.5, 0.6) is 0 Å². The lowest BCUT2D eigenvalue weighted by Crippen LogP contribution is -2.29. The van der Waals surface area contributed by atoms with Gasteiger partial charge < -0.3 is 10.4 Å². The molecule has 1 aromatic carbocycles. The van der Waals surface area contributed by atoms with Crippen molar-refractivity contribution in [1.82, 2.24) is 5.32 Å². The van der Waals surface area contributed by atoms with Crippen molar-refractivity contribution in [2.24, 2.45) is 5.92 Å². The summed E-state index contributed by atoms with van der Waals surface area (Å²) in [6.07, 6.45) is 0.956. The van der Waals surface area contributed by atoms with Gasteiger partial charge in [0.2, 0.25) is 0 Å². The van der Waals surface area contributed by atoms with Crippen molar-refractivity contribution in [3.05, 3.63) is 34.9 Å². The van der Waals surface area contributed by atoms with E-state index in [2.05, 4.69) is 19.2 Å². The fraction of sp³-hybridized carbons (Fsp3) is 0.462. The molecule has 1 aromatic rings. The van der Waals surface area contributed by atoms with Crippen LogP contribution >= 0.6 is 11.6 Å². The van der Waals surface area contributed by atoms with E-state index in [-0.39, 0.29) is 0 Å². The van der Waals surface area contributed by atoms with Crippen LogP contribution < -0.4 is 5.32 Å². The molecule has 94 valence electrons. The van der Waals surface area contributed by atoms with Crippen molar-refractivity contribution in [2.75, 3.05) is 6.54 Å². The maximum atomic E-state index is 11.2. The van der Waals surface area contributed by atoms with Gasteiger partial charge in [-0.15, -0.1) is 0 Å². The third-order valence-electron chi connectivity index (χ3n) is 2.52. The van der Waals surface area contributed by atoms with Gasteiger partial charge in [0.1, 0.15) is 6.04 Å². The molecule has 0 amide bonds. The molecule has 3 nitrogen and oxygen atoms in total. The quantitative estimate of drug-likeness (QED) is 0.821. The zero-order valence-electron chi connectivity index (χ0n) is 10.1. The Morgan fingerprint density at radius 1 is 1.35 bits per heavy atom. The summed E-state index contributed by atoms with van der Waals surface area (Å²) in [5.74, 6) is -0.307. The zero-order chi connectivity index (χ0) is 12.8. The molecule has 17 heavy (non-hydrogen) atoms. The fourth-order valence-electron chi connectivity index (χ4n) is 1.52. The first kappa shape index (κ1) is 14.0. The summed E-state index contributed by atoms with van der Waals surface area (Å²) < 4.78 is 0. The van der Waals surface area contributed by atoms with Gasteiger partial charge in [-0.05, 0) is 36.6 Å². The number of rotatable bonds is 6. The van der Waals surface area contributed by atoms with Gasteiger partial charge in [-0.1, -0.05) is 37.6 Å². The number of carboxylic acid groups (broad SMARTS) is 1. The Bertz CT molecular complexity index is 362. The molecule has 0 aliphatic heterocycles. The maximum absolute atomic E-state index is 11.2. The van der Waals surface area contributed by atoms with E-state index in [1.54, 1.807) is 24.3 Å². The molecule has 0 bridgehead atoms. The minimum absolute atomic E-state index is 0.558. The van der Waals surface area contributed by atoms with Crippen LogP contribution in [0.25, 0.3) is 0 Å². The highest BCUT2D eigenvalue weighted by atomic mass is 35.5. The van der Waals surface area contributed by atoms with E-state index in [0.717, 1.165) is 12.0 Å². The number of nitrogens with one attached hydrogen (secondary N) is 1. The minimum Gasteiger partial charge on any atom is -0.480 e. The topological polar surface area (TPSA) is 49.3 Å². The molecule has 0 heterocycles. The Kier molecular flexibility index (Phi) is 5.45. The van der Waals surface area contributed by atoms with Crippen LogP contribution in [0.1, 0.15) is 31.9 Å². The molecule has 0 fully saturated rings. The lowest BCUT2D eigenvalue weighted by molar-refractivity contribution is -0.139. The van der Waals surface area contributed by atoms with Crippen molar-refractivity contribution in [2.45, 2.75) is 26.3 Å². The smallest absolute Gasteiger partial charge is 0.325 e. The summed E-state index contributed by atoms with van der Waals surface area (Å²) in [5.41, 5.74) is 0.727. The van der Waals surface area contributed by atoms with E-state index < -0.39 is 12.0 Å². The van der Waals surface area contributed by atoms with Gasteiger partial charge in [0.05, 0.1) is 0 Å². The highest BCUT2D eigenvalue weighted by Crippen LogP contribution is 2.17. The summed E-state index contributed by atoms with van der Waals surface area (Å²) in [4.78, 5) is 11.2. The molecule has 0 spiro atoms. The van der Waals surface area contributed by atoms with Crippen LogP contribution in [0, 0.1) is 5.92 Å². The van der Waals surface area contributed by atoms with E-state index in [0.29, 0.717) is 17.5 Å². The molecule has 0 aliphatic rings. The fourth-order valence-corrected chi connectivity index (χ4v) is 1.65. The first-order valence-corrected chi connectivity index (χ1v) is 6.10. The predicted molar refractivity (Wildman–Crippen MR) is 69.3 cm³/mol. The van der Waals surface area contributed by atoms with E-state index in [1.807, 2.05) is 0 Å². The van der Waals surface area contributed by atoms with Gasteiger partial charge in [-0.2, -0.15) is 0 Å². The number of benzene rings is 1. The SMILES string of the molecule is CC(C)CCNC(C(=O)O)c1ccc(Cl)cc1. The second kappa shape index (κ2) is 6.62. The number of hydrogen-bond donors (Lipinski definition) is 2. The van der Waals surface area contributed by atoms with Crippen LogP contribution in [0.4, 0.5) is 0 Å². The van der Waals surface area contributed by atoms with Gasteiger partial charge in [0.15, 0.2) is 0 Å². The number of carbonyl (C=O) groups is 1. The number of carboxylic acids is 1. The first-order chi connectivity index (χ1) is 8.00. The van der Waals surface area contributed by atoms with Crippen molar-refractivity contribution in [3.63, 3.8) is 0 Å². The van der Waals surface area contributed by atoms with Crippen LogP contribution in [0.2, 0.25) is 5.02 Å². The van der Waals surface area contributed by atoms with Crippen molar-refractivity contribution in [1.29, 1.82) is 0 Å². The van der Waals surface area contributed by atoms with E-state index in [4.69, 9.17) is 16.7 Å². The molecular weight excluding hydrogens is 238 g/mol. The monoisotopic (exact) mass is 255 g/mol. The predicted octanol–water partition coefficient (Wildman–Crippen LogP) is 3.10. The molecule has 1 atom stereocenters. The molecular formula is C13H18ClNO2. The number of halogens is 1. The van der Waals surface area contributed by atoms with Gasteiger partial charge in [-0.25, -0.2) is 0 Å². The summed E-state index contributed by atoms with van der Waals surface area (Å²) in [6.45, 7) is 4.91. The molecule has 0 saturated carbocycles. The van der Waals surface area contributed by atoms with Gasteiger partial charge >= 0.3 is 5.97 Å². The third kappa shape index (κ3) is 4.75. The summed E-state index contributed by atoms with van der Waals surface area (Å²) in [5, 5.41) is 12.8. The van der Waals surface area contributed by atoms with Gasteiger partial charge in [-0.3, -0.25) is 4.79 Å². The molecule has 4 heteroatoms. The Morgan fingerprint density at radius 2 is 1.94 bits per heavy atom. The van der Waals surface area contributed by atoms with Crippen LogP contribution in [-0.2, 0) is 4.79 Å². The molecule has 1 rings (SSSR count).